The fourth-order valence-electron chi connectivity index (χ4n) is 1.77. The van der Waals surface area contributed by atoms with Crippen molar-refractivity contribution >= 4 is 23.4 Å². The molecule has 94 valence electrons. The Kier molecular flexibility index (Phi) is 2.68. The molecule has 1 aromatic carbocycles. The SMILES string of the molecule is O=C1c2ccccc2C(=O)N1Oc1ccc(Cl)nc1. The molecule has 6 heteroatoms. The summed E-state index contributed by atoms with van der Waals surface area (Å²) in [6, 6.07) is 9.58. The predicted octanol–water partition coefficient (Wildman–Crippen LogP) is 2.33. The highest BCUT2D eigenvalue weighted by Crippen LogP contribution is 2.24. The zero-order chi connectivity index (χ0) is 13.4. The number of aromatic nitrogens is 1. The number of carbonyl (C=O) groups excluding carboxylic acids is 2. The van der Waals surface area contributed by atoms with Crippen LogP contribution in [-0.4, -0.2) is 21.9 Å². The first kappa shape index (κ1) is 11.7. The topological polar surface area (TPSA) is 59.5 Å². The van der Waals surface area contributed by atoms with Gasteiger partial charge < -0.3 is 4.84 Å². The third kappa shape index (κ3) is 1.94. The van der Waals surface area contributed by atoms with Gasteiger partial charge in [-0.3, -0.25) is 9.59 Å². The molecule has 0 N–H and O–H groups in total. The van der Waals surface area contributed by atoms with E-state index in [1.807, 2.05) is 0 Å². The molecular weight excluding hydrogens is 268 g/mol. The summed E-state index contributed by atoms with van der Waals surface area (Å²) in [6.07, 6.45) is 1.34. The maximum atomic E-state index is 12.0. The lowest BCUT2D eigenvalue weighted by Crippen LogP contribution is -2.33. The molecule has 1 aromatic heterocycles. The van der Waals surface area contributed by atoms with Crippen molar-refractivity contribution in [3.8, 4) is 5.75 Å². The molecule has 5 nitrogen and oxygen atoms in total. The van der Waals surface area contributed by atoms with Crippen molar-refractivity contribution in [3.05, 3.63) is 58.9 Å². The molecule has 2 aromatic rings. The Balaban J connectivity index is 1.90. The Bertz CT molecular complexity index is 635. The van der Waals surface area contributed by atoms with Crippen LogP contribution >= 0.6 is 11.6 Å². The van der Waals surface area contributed by atoms with Crippen LogP contribution in [0.25, 0.3) is 0 Å². The van der Waals surface area contributed by atoms with Crippen molar-refractivity contribution in [1.82, 2.24) is 10.0 Å². The summed E-state index contributed by atoms with van der Waals surface area (Å²) in [7, 11) is 0. The van der Waals surface area contributed by atoms with Gasteiger partial charge in [-0.1, -0.05) is 28.8 Å². The third-order valence-electron chi connectivity index (χ3n) is 2.65. The normalized spacial score (nSPS) is 13.6. The zero-order valence-corrected chi connectivity index (χ0v) is 10.3. The minimum Gasteiger partial charge on any atom is -0.367 e. The maximum absolute atomic E-state index is 12.0. The van der Waals surface area contributed by atoms with Gasteiger partial charge in [0.2, 0.25) is 0 Å². The smallest absolute Gasteiger partial charge is 0.295 e. The minimum atomic E-state index is -0.490. The van der Waals surface area contributed by atoms with Gasteiger partial charge >= 0.3 is 0 Å². The average Bonchev–Trinajstić information content (AvgIpc) is 2.67. The van der Waals surface area contributed by atoms with Gasteiger partial charge in [-0.05, 0) is 24.3 Å². The number of halogens is 1. The molecule has 2 heterocycles. The van der Waals surface area contributed by atoms with E-state index in [1.54, 1.807) is 24.3 Å². The number of fused-ring (bicyclic) bond motifs is 1. The number of amides is 2. The maximum Gasteiger partial charge on any atom is 0.295 e. The first-order valence-electron chi connectivity index (χ1n) is 5.44. The van der Waals surface area contributed by atoms with E-state index in [2.05, 4.69) is 4.98 Å². The summed E-state index contributed by atoms with van der Waals surface area (Å²) < 4.78 is 0. The molecule has 3 rings (SSSR count). The standard InChI is InChI=1S/C13H7ClN2O3/c14-11-6-5-8(7-15-11)19-16-12(17)9-3-1-2-4-10(9)13(16)18/h1-7H. The van der Waals surface area contributed by atoms with Crippen LogP contribution in [0.15, 0.2) is 42.6 Å². The number of hydrogen-bond donors (Lipinski definition) is 0. The Morgan fingerprint density at radius 2 is 1.63 bits per heavy atom. The fourth-order valence-corrected chi connectivity index (χ4v) is 1.88. The fraction of sp³-hybridized carbons (Fsp3) is 0. The highest BCUT2D eigenvalue weighted by Gasteiger charge is 2.37. The molecule has 0 bridgehead atoms. The Morgan fingerprint density at radius 1 is 1.00 bits per heavy atom. The largest absolute Gasteiger partial charge is 0.367 e. The molecule has 0 atom stereocenters. The Labute approximate surface area is 113 Å². The van der Waals surface area contributed by atoms with E-state index in [4.69, 9.17) is 16.4 Å². The number of pyridine rings is 1. The van der Waals surface area contributed by atoms with Crippen molar-refractivity contribution in [2.75, 3.05) is 0 Å². The molecule has 1 aliphatic rings. The molecule has 2 amide bonds. The summed E-state index contributed by atoms with van der Waals surface area (Å²) >= 11 is 5.64. The van der Waals surface area contributed by atoms with Crippen LogP contribution in [0.2, 0.25) is 5.15 Å². The average molecular weight is 275 g/mol. The van der Waals surface area contributed by atoms with E-state index in [9.17, 15) is 9.59 Å². The summed E-state index contributed by atoms with van der Waals surface area (Å²) in [6.45, 7) is 0. The molecular formula is C13H7ClN2O3. The van der Waals surface area contributed by atoms with Gasteiger partial charge in [0.25, 0.3) is 11.8 Å². The molecule has 0 saturated heterocycles. The number of imide groups is 1. The predicted molar refractivity (Wildman–Crippen MR) is 66.8 cm³/mol. The van der Waals surface area contributed by atoms with Crippen molar-refractivity contribution in [2.45, 2.75) is 0 Å². The molecule has 1 aliphatic heterocycles. The van der Waals surface area contributed by atoms with Crippen LogP contribution in [-0.2, 0) is 0 Å². The highest BCUT2D eigenvalue weighted by molar-refractivity contribution is 6.29. The molecule has 0 fully saturated rings. The van der Waals surface area contributed by atoms with Crippen LogP contribution in [0.3, 0.4) is 0 Å². The number of hydroxylamine groups is 2. The zero-order valence-electron chi connectivity index (χ0n) is 9.54. The van der Waals surface area contributed by atoms with Crippen LogP contribution in [0.4, 0.5) is 0 Å². The Morgan fingerprint density at radius 3 is 2.16 bits per heavy atom. The lowest BCUT2D eigenvalue weighted by molar-refractivity contribution is -0.0142. The molecule has 19 heavy (non-hydrogen) atoms. The summed E-state index contributed by atoms with van der Waals surface area (Å²) in [4.78, 5) is 33.1. The molecule has 0 spiro atoms. The first-order chi connectivity index (χ1) is 9.16. The van der Waals surface area contributed by atoms with E-state index in [1.165, 1.54) is 18.3 Å². The number of benzene rings is 1. The molecule has 0 unspecified atom stereocenters. The second-order valence-electron chi connectivity index (χ2n) is 3.86. The highest BCUT2D eigenvalue weighted by atomic mass is 35.5. The number of rotatable bonds is 2. The number of hydrogen-bond acceptors (Lipinski definition) is 4. The van der Waals surface area contributed by atoms with Gasteiger partial charge in [-0.2, -0.15) is 0 Å². The van der Waals surface area contributed by atoms with E-state index < -0.39 is 11.8 Å². The Hall–Kier alpha value is -2.40. The van der Waals surface area contributed by atoms with Gasteiger partial charge in [-0.25, -0.2) is 4.98 Å². The van der Waals surface area contributed by atoms with E-state index in [0.717, 1.165) is 5.06 Å². The van der Waals surface area contributed by atoms with Crippen molar-refractivity contribution < 1.29 is 14.4 Å². The quantitative estimate of drug-likeness (QED) is 0.623. The van der Waals surface area contributed by atoms with Crippen LogP contribution in [0.5, 0.6) is 5.75 Å². The monoisotopic (exact) mass is 274 g/mol. The van der Waals surface area contributed by atoms with E-state index >= 15 is 0 Å². The molecule has 0 saturated carbocycles. The second kappa shape index (κ2) is 4.37. The van der Waals surface area contributed by atoms with Crippen molar-refractivity contribution in [1.29, 1.82) is 0 Å². The second-order valence-corrected chi connectivity index (χ2v) is 4.25. The van der Waals surface area contributed by atoms with Gasteiger partial charge in [-0.15, -0.1) is 0 Å². The van der Waals surface area contributed by atoms with Gasteiger partial charge in [0.1, 0.15) is 5.15 Å². The first-order valence-corrected chi connectivity index (χ1v) is 5.82. The summed E-state index contributed by atoms with van der Waals surface area (Å²) in [5.74, 6) is -0.718. The van der Waals surface area contributed by atoms with E-state index in [-0.39, 0.29) is 5.75 Å². The lowest BCUT2D eigenvalue weighted by Gasteiger charge is -2.13. The van der Waals surface area contributed by atoms with E-state index in [0.29, 0.717) is 16.3 Å². The van der Waals surface area contributed by atoms with Gasteiger partial charge in [0.15, 0.2) is 5.75 Å². The summed E-state index contributed by atoms with van der Waals surface area (Å²) in [5.41, 5.74) is 0.656. The van der Waals surface area contributed by atoms with Crippen LogP contribution in [0.1, 0.15) is 20.7 Å². The van der Waals surface area contributed by atoms with Crippen LogP contribution in [0, 0.1) is 0 Å². The molecule has 0 aliphatic carbocycles. The third-order valence-corrected chi connectivity index (χ3v) is 2.88. The summed E-state index contributed by atoms with van der Waals surface area (Å²) in [5, 5.41) is 1.02. The number of nitrogens with zero attached hydrogens (tertiary/aromatic N) is 2. The molecule has 0 radical (unpaired) electrons. The lowest BCUT2D eigenvalue weighted by atomic mass is 10.1. The minimum absolute atomic E-state index is 0.263. The number of carbonyl (C=O) groups is 2. The van der Waals surface area contributed by atoms with Crippen LogP contribution < -0.4 is 4.84 Å². The van der Waals surface area contributed by atoms with Gasteiger partial charge in [0, 0.05) is 0 Å². The van der Waals surface area contributed by atoms with Crippen molar-refractivity contribution in [2.24, 2.45) is 0 Å². The van der Waals surface area contributed by atoms with Crippen molar-refractivity contribution in [3.63, 3.8) is 0 Å². The van der Waals surface area contributed by atoms with Gasteiger partial charge in [0.05, 0.1) is 17.3 Å².